The average molecular weight is 466 g/mol. The number of ether oxygens (including phenoxy) is 2. The van der Waals surface area contributed by atoms with Gasteiger partial charge in [0, 0.05) is 10.2 Å². The summed E-state index contributed by atoms with van der Waals surface area (Å²) in [7, 11) is 0. The van der Waals surface area contributed by atoms with Gasteiger partial charge < -0.3 is 9.47 Å². The lowest BCUT2D eigenvalue weighted by Crippen LogP contribution is -2.73. The van der Waals surface area contributed by atoms with Crippen molar-refractivity contribution in [3.63, 3.8) is 0 Å². The average Bonchev–Trinajstić information content (AvgIpc) is 2.55. The molecule has 8 nitrogen and oxygen atoms in total. The van der Waals surface area contributed by atoms with E-state index in [0.29, 0.717) is 10.2 Å². The molecule has 0 bridgehead atoms. The number of nitrogens with zero attached hydrogens (tertiary/aromatic N) is 2. The number of fused-ring (bicyclic) bond motifs is 1. The predicted molar refractivity (Wildman–Crippen MR) is 92.1 cm³/mol. The minimum absolute atomic E-state index is 0.216. The number of thioether (sulfide) groups is 1. The molecule has 3 heterocycles. The Bertz CT molecular complexity index is 635. The molecule has 2 atom stereocenters. The summed E-state index contributed by atoms with van der Waals surface area (Å²) in [5.74, 6) is -1.49. The number of halogens is 1. The van der Waals surface area contributed by atoms with Crippen LogP contribution in [0.2, 0.25) is 0 Å². The summed E-state index contributed by atoms with van der Waals surface area (Å²) in [6.07, 6.45) is 0. The first-order chi connectivity index (χ1) is 11.5. The molecular formula is C14H15IN2O6S. The van der Waals surface area contributed by atoms with Gasteiger partial charge in [0.25, 0.3) is 17.7 Å². The Hall–Kier alpha value is -1.14. The van der Waals surface area contributed by atoms with E-state index in [1.165, 1.54) is 16.7 Å². The van der Waals surface area contributed by atoms with Crippen molar-refractivity contribution >= 4 is 58.0 Å². The second-order valence-electron chi connectivity index (χ2n) is 5.46. The maximum absolute atomic E-state index is 12.6. The molecule has 0 saturated carbocycles. The highest BCUT2D eigenvalue weighted by Crippen LogP contribution is 2.42. The third-order valence-corrected chi connectivity index (χ3v) is 5.75. The van der Waals surface area contributed by atoms with Gasteiger partial charge in [-0.25, -0.2) is 4.79 Å². The van der Waals surface area contributed by atoms with E-state index in [0.717, 1.165) is 10.5 Å². The molecule has 3 aliphatic heterocycles. The molecule has 130 valence electrons. The Kier molecular flexibility index (Phi) is 5.16. The zero-order chi connectivity index (χ0) is 17.4. The highest BCUT2D eigenvalue weighted by atomic mass is 127. The third-order valence-electron chi connectivity index (χ3n) is 3.90. The number of alkyl halides is 1. The Morgan fingerprint density at radius 1 is 1.29 bits per heavy atom. The lowest BCUT2D eigenvalue weighted by Gasteiger charge is -2.52. The molecular weight excluding hydrogens is 451 g/mol. The van der Waals surface area contributed by atoms with Gasteiger partial charge in [-0.05, 0) is 12.5 Å². The van der Waals surface area contributed by atoms with Crippen molar-refractivity contribution < 1.29 is 28.7 Å². The fourth-order valence-electron chi connectivity index (χ4n) is 2.86. The number of β-lactam (4-membered cyclic amide) rings is 1. The number of morpholine rings is 1. The lowest BCUT2D eigenvalue weighted by atomic mass is 10.0. The number of amides is 3. The Morgan fingerprint density at radius 3 is 2.58 bits per heavy atom. The molecule has 3 amide bonds. The van der Waals surface area contributed by atoms with Gasteiger partial charge >= 0.3 is 5.97 Å². The van der Waals surface area contributed by atoms with Crippen molar-refractivity contribution in [2.24, 2.45) is 0 Å². The van der Waals surface area contributed by atoms with E-state index in [1.807, 2.05) is 0 Å². The van der Waals surface area contributed by atoms with Crippen LogP contribution < -0.4 is 0 Å². The van der Waals surface area contributed by atoms with E-state index in [1.54, 1.807) is 6.92 Å². The van der Waals surface area contributed by atoms with Crippen molar-refractivity contribution in [2.75, 3.05) is 30.0 Å². The molecule has 0 aromatic carbocycles. The maximum atomic E-state index is 12.6. The summed E-state index contributed by atoms with van der Waals surface area (Å²) in [6.45, 7) is 1.61. The van der Waals surface area contributed by atoms with E-state index < -0.39 is 35.1 Å². The molecule has 0 spiro atoms. The van der Waals surface area contributed by atoms with E-state index >= 15 is 0 Å². The van der Waals surface area contributed by atoms with Gasteiger partial charge in [0.2, 0.25) is 0 Å². The van der Waals surface area contributed by atoms with Crippen LogP contribution in [0.1, 0.15) is 6.92 Å². The fourth-order valence-corrected chi connectivity index (χ4v) is 4.42. The Labute approximate surface area is 156 Å². The van der Waals surface area contributed by atoms with Crippen molar-refractivity contribution in [2.45, 2.75) is 18.3 Å². The van der Waals surface area contributed by atoms with Gasteiger partial charge in [0.15, 0.2) is 0 Å². The first-order valence-corrected chi connectivity index (χ1v) is 9.85. The standard InChI is InChI=1S/C14H15IN2O6S/c1-7-6-24-13-11(16-8(18)4-22-5-9(16)19)12(20)17(13)10(7)14(21)23-3-2-15/h11,13H,2-6H2,1H3/t11?,13-/m1/s1. The molecule has 0 N–H and O–H groups in total. The first kappa shape index (κ1) is 17.7. The minimum Gasteiger partial charge on any atom is -0.460 e. The van der Waals surface area contributed by atoms with Crippen LogP contribution in [0.5, 0.6) is 0 Å². The second kappa shape index (κ2) is 7.00. The largest absolute Gasteiger partial charge is 0.460 e. The number of carbonyl (C=O) groups excluding carboxylic acids is 4. The third kappa shape index (κ3) is 2.84. The van der Waals surface area contributed by atoms with Gasteiger partial charge in [0.05, 0.1) is 0 Å². The molecule has 0 radical (unpaired) electrons. The van der Waals surface area contributed by atoms with E-state index in [2.05, 4.69) is 22.6 Å². The number of hydrogen-bond donors (Lipinski definition) is 0. The lowest BCUT2D eigenvalue weighted by molar-refractivity contribution is -0.174. The number of imide groups is 1. The van der Waals surface area contributed by atoms with Gasteiger partial charge in [-0.2, -0.15) is 0 Å². The normalized spacial score (nSPS) is 27.2. The zero-order valence-electron chi connectivity index (χ0n) is 12.8. The van der Waals surface area contributed by atoms with Crippen LogP contribution in [-0.2, 0) is 28.7 Å². The molecule has 1 unspecified atom stereocenters. The highest BCUT2D eigenvalue weighted by molar-refractivity contribution is 14.1. The van der Waals surface area contributed by atoms with E-state index in [9.17, 15) is 19.2 Å². The van der Waals surface area contributed by atoms with Crippen molar-refractivity contribution in [3.8, 4) is 0 Å². The maximum Gasteiger partial charge on any atom is 0.355 e. The van der Waals surface area contributed by atoms with Crippen molar-refractivity contribution in [3.05, 3.63) is 11.3 Å². The minimum atomic E-state index is -0.876. The predicted octanol–water partition coefficient (Wildman–Crippen LogP) is -0.0923. The zero-order valence-corrected chi connectivity index (χ0v) is 15.8. The number of rotatable bonds is 4. The van der Waals surface area contributed by atoms with Gasteiger partial charge in [-0.3, -0.25) is 24.2 Å². The van der Waals surface area contributed by atoms with Crippen molar-refractivity contribution in [1.29, 1.82) is 0 Å². The van der Waals surface area contributed by atoms with Gasteiger partial charge in [-0.15, -0.1) is 11.8 Å². The number of esters is 1. The topological polar surface area (TPSA) is 93.2 Å². The molecule has 2 saturated heterocycles. The summed E-state index contributed by atoms with van der Waals surface area (Å²) in [6, 6.07) is -0.876. The van der Waals surface area contributed by atoms with Crippen molar-refractivity contribution in [1.82, 2.24) is 9.80 Å². The first-order valence-electron chi connectivity index (χ1n) is 7.27. The molecule has 0 aliphatic carbocycles. The molecule has 0 aromatic heterocycles. The molecule has 3 aliphatic rings. The van der Waals surface area contributed by atoms with Gasteiger partial charge in [0.1, 0.15) is 36.9 Å². The number of carbonyl (C=O) groups is 4. The summed E-state index contributed by atoms with van der Waals surface area (Å²) < 4.78 is 10.7. The fraction of sp³-hybridized carbons (Fsp3) is 0.571. The number of hydrogen-bond acceptors (Lipinski definition) is 7. The van der Waals surface area contributed by atoms with Crippen LogP contribution in [0.25, 0.3) is 0 Å². The SMILES string of the molecule is CC1=C(C(=O)OCCI)N2C(=O)C(N3C(=O)COCC3=O)[C@H]2SC1. The van der Waals surface area contributed by atoms with Gasteiger partial charge in [-0.1, -0.05) is 22.6 Å². The quantitative estimate of drug-likeness (QED) is 0.188. The smallest absolute Gasteiger partial charge is 0.355 e. The van der Waals surface area contributed by atoms with Crippen LogP contribution in [0.3, 0.4) is 0 Å². The van der Waals surface area contributed by atoms with Crippen LogP contribution in [-0.4, -0.2) is 74.9 Å². The monoisotopic (exact) mass is 466 g/mol. The van der Waals surface area contributed by atoms with Crippen LogP contribution in [0.4, 0.5) is 0 Å². The Balaban J connectivity index is 1.82. The summed E-state index contributed by atoms with van der Waals surface area (Å²) >= 11 is 3.52. The molecule has 3 rings (SSSR count). The van der Waals surface area contributed by atoms with Crippen LogP contribution in [0.15, 0.2) is 11.3 Å². The highest BCUT2D eigenvalue weighted by Gasteiger charge is 2.58. The Morgan fingerprint density at radius 2 is 1.96 bits per heavy atom. The van der Waals surface area contributed by atoms with E-state index in [4.69, 9.17) is 9.47 Å². The summed E-state index contributed by atoms with van der Waals surface area (Å²) in [5, 5.41) is -0.450. The van der Waals surface area contributed by atoms with Crippen LogP contribution >= 0.6 is 34.4 Å². The molecule has 0 aromatic rings. The summed E-state index contributed by atoms with van der Waals surface area (Å²) in [5.41, 5.74) is 0.985. The molecule has 2 fully saturated rings. The molecule has 10 heteroatoms. The summed E-state index contributed by atoms with van der Waals surface area (Å²) in [4.78, 5) is 51.1. The second-order valence-corrected chi connectivity index (χ2v) is 7.64. The van der Waals surface area contributed by atoms with E-state index in [-0.39, 0.29) is 25.5 Å². The van der Waals surface area contributed by atoms with Crippen LogP contribution in [0, 0.1) is 0 Å². The molecule has 24 heavy (non-hydrogen) atoms.